The molecular formula is C6H10IO. The van der Waals surface area contributed by atoms with Crippen molar-refractivity contribution in [3.63, 3.8) is 0 Å². The third kappa shape index (κ3) is 1.58. The average molecular weight is 225 g/mol. The van der Waals surface area contributed by atoms with Crippen LogP contribution >= 0.6 is 22.6 Å². The molecule has 0 aromatic carbocycles. The van der Waals surface area contributed by atoms with Gasteiger partial charge in [0.1, 0.15) is 6.10 Å². The third-order valence-corrected chi connectivity index (χ3v) is 3.05. The van der Waals surface area contributed by atoms with Crippen molar-refractivity contribution in [2.75, 3.05) is 0 Å². The lowest BCUT2D eigenvalue weighted by atomic mass is 9.98. The first-order valence-electron chi connectivity index (χ1n) is 3.10. The minimum Gasteiger partial charge on any atom is -0.232 e. The Bertz CT molecular complexity index is 64.9. The number of alkyl halides is 1. The zero-order valence-corrected chi connectivity index (χ0v) is 6.93. The van der Waals surface area contributed by atoms with Crippen LogP contribution in [0, 0.1) is 0 Å². The van der Waals surface area contributed by atoms with Gasteiger partial charge in [0.2, 0.25) is 0 Å². The molecule has 0 bridgehead atoms. The molecule has 0 amide bonds. The molecule has 1 aliphatic carbocycles. The van der Waals surface area contributed by atoms with Gasteiger partial charge in [-0.25, -0.2) is 5.11 Å². The molecule has 0 aromatic rings. The molecular weight excluding hydrogens is 215 g/mol. The summed E-state index contributed by atoms with van der Waals surface area (Å²) < 4.78 is 0.418. The molecule has 1 radical (unpaired) electrons. The van der Waals surface area contributed by atoms with Gasteiger partial charge in [-0.3, -0.25) is 0 Å². The minimum absolute atomic E-state index is 0.260. The first-order chi connectivity index (χ1) is 3.80. The van der Waals surface area contributed by atoms with E-state index in [0.717, 1.165) is 19.3 Å². The van der Waals surface area contributed by atoms with E-state index in [2.05, 4.69) is 22.6 Å². The highest BCUT2D eigenvalue weighted by atomic mass is 127. The molecule has 2 atom stereocenters. The summed E-state index contributed by atoms with van der Waals surface area (Å²) in [5, 5.41) is 10.9. The van der Waals surface area contributed by atoms with Crippen LogP contribution in [0.3, 0.4) is 0 Å². The Labute approximate surface area is 63.6 Å². The SMILES string of the molecule is [O]C1CCCCC1I. The lowest BCUT2D eigenvalue weighted by molar-refractivity contribution is 0.0662. The summed E-state index contributed by atoms with van der Waals surface area (Å²) in [6.07, 6.45) is 4.23. The van der Waals surface area contributed by atoms with Gasteiger partial charge in [0.05, 0.1) is 0 Å². The van der Waals surface area contributed by atoms with Crippen LogP contribution in [0.5, 0.6) is 0 Å². The predicted molar refractivity (Wildman–Crippen MR) is 40.8 cm³/mol. The Morgan fingerprint density at radius 1 is 1.25 bits per heavy atom. The van der Waals surface area contributed by atoms with Crippen molar-refractivity contribution in [1.82, 2.24) is 0 Å². The van der Waals surface area contributed by atoms with Crippen LogP contribution in [0.25, 0.3) is 0 Å². The molecule has 1 aliphatic rings. The van der Waals surface area contributed by atoms with Gasteiger partial charge in [-0.05, 0) is 12.8 Å². The highest BCUT2D eigenvalue weighted by Crippen LogP contribution is 2.24. The molecule has 8 heavy (non-hydrogen) atoms. The number of rotatable bonds is 0. The highest BCUT2D eigenvalue weighted by molar-refractivity contribution is 14.1. The second-order valence-corrected chi connectivity index (χ2v) is 3.94. The van der Waals surface area contributed by atoms with Gasteiger partial charge in [0, 0.05) is 3.92 Å². The van der Waals surface area contributed by atoms with Crippen LogP contribution in [0.1, 0.15) is 25.7 Å². The number of hydrogen-bond acceptors (Lipinski definition) is 0. The molecule has 1 saturated carbocycles. The lowest BCUT2D eigenvalue weighted by Gasteiger charge is -2.19. The van der Waals surface area contributed by atoms with Crippen molar-refractivity contribution in [2.45, 2.75) is 35.7 Å². The Balaban J connectivity index is 2.28. The largest absolute Gasteiger partial charge is 0.232 e. The number of hydrogen-bond donors (Lipinski definition) is 0. The van der Waals surface area contributed by atoms with Gasteiger partial charge in [-0.15, -0.1) is 0 Å². The van der Waals surface area contributed by atoms with E-state index in [-0.39, 0.29) is 6.10 Å². The topological polar surface area (TPSA) is 19.9 Å². The second-order valence-electron chi connectivity index (χ2n) is 2.34. The Kier molecular flexibility index (Phi) is 2.56. The third-order valence-electron chi connectivity index (χ3n) is 1.62. The maximum atomic E-state index is 10.9. The van der Waals surface area contributed by atoms with E-state index in [4.69, 9.17) is 0 Å². The van der Waals surface area contributed by atoms with E-state index >= 15 is 0 Å². The minimum atomic E-state index is -0.260. The highest BCUT2D eigenvalue weighted by Gasteiger charge is 2.20. The summed E-state index contributed by atoms with van der Waals surface area (Å²) in [6.45, 7) is 0. The zero-order chi connectivity index (χ0) is 5.98. The summed E-state index contributed by atoms with van der Waals surface area (Å²) in [4.78, 5) is 0. The van der Waals surface area contributed by atoms with Crippen LogP contribution < -0.4 is 0 Å². The molecule has 0 N–H and O–H groups in total. The van der Waals surface area contributed by atoms with Crippen LogP contribution in [-0.4, -0.2) is 10.0 Å². The van der Waals surface area contributed by atoms with Crippen molar-refractivity contribution < 1.29 is 5.11 Å². The van der Waals surface area contributed by atoms with E-state index in [1.54, 1.807) is 0 Å². The molecule has 1 fully saturated rings. The summed E-state index contributed by atoms with van der Waals surface area (Å²) in [5.74, 6) is 0. The molecule has 1 rings (SSSR count). The standard InChI is InChI=1S/C6H10IO/c7-5-3-1-2-4-6(5)8/h5-6H,1-4H2. The quantitative estimate of drug-likeness (QED) is 0.444. The fraction of sp³-hybridized carbons (Fsp3) is 1.00. The lowest BCUT2D eigenvalue weighted by Crippen LogP contribution is -2.22. The number of halogens is 1. The van der Waals surface area contributed by atoms with Crippen molar-refractivity contribution >= 4 is 22.6 Å². The summed E-state index contributed by atoms with van der Waals surface area (Å²) >= 11 is 2.27. The average Bonchev–Trinajstić information content (AvgIpc) is 1.77. The molecule has 2 heteroatoms. The molecule has 0 spiro atoms. The second kappa shape index (κ2) is 3.01. The molecule has 0 aliphatic heterocycles. The maximum Gasteiger partial charge on any atom is 0.105 e. The van der Waals surface area contributed by atoms with Crippen LogP contribution in [0.2, 0.25) is 0 Å². The van der Waals surface area contributed by atoms with Crippen LogP contribution in [0.15, 0.2) is 0 Å². The Hall–Kier alpha value is 0.690. The molecule has 0 aromatic heterocycles. The normalized spacial score (nSPS) is 39.8. The van der Waals surface area contributed by atoms with Gasteiger partial charge in [-0.2, -0.15) is 0 Å². The van der Waals surface area contributed by atoms with E-state index in [9.17, 15) is 5.11 Å². The fourth-order valence-electron chi connectivity index (χ4n) is 1.05. The first kappa shape index (κ1) is 6.81. The van der Waals surface area contributed by atoms with E-state index < -0.39 is 0 Å². The van der Waals surface area contributed by atoms with E-state index in [1.165, 1.54) is 6.42 Å². The molecule has 0 saturated heterocycles. The van der Waals surface area contributed by atoms with Gasteiger partial charge >= 0.3 is 0 Å². The molecule has 47 valence electrons. The monoisotopic (exact) mass is 225 g/mol. The summed E-state index contributed by atoms with van der Waals surface area (Å²) in [6, 6.07) is 0. The zero-order valence-electron chi connectivity index (χ0n) is 4.77. The van der Waals surface area contributed by atoms with E-state index in [0.29, 0.717) is 3.92 Å². The fourth-order valence-corrected chi connectivity index (χ4v) is 1.85. The van der Waals surface area contributed by atoms with Crippen LogP contribution in [0.4, 0.5) is 0 Å². The van der Waals surface area contributed by atoms with E-state index in [1.807, 2.05) is 0 Å². The van der Waals surface area contributed by atoms with Crippen molar-refractivity contribution in [2.24, 2.45) is 0 Å². The molecule has 2 unspecified atom stereocenters. The summed E-state index contributed by atoms with van der Waals surface area (Å²) in [7, 11) is 0. The van der Waals surface area contributed by atoms with Crippen molar-refractivity contribution in [3.05, 3.63) is 0 Å². The van der Waals surface area contributed by atoms with Gasteiger partial charge < -0.3 is 0 Å². The van der Waals surface area contributed by atoms with Crippen molar-refractivity contribution in [1.29, 1.82) is 0 Å². The smallest absolute Gasteiger partial charge is 0.105 e. The maximum absolute atomic E-state index is 10.9. The van der Waals surface area contributed by atoms with Crippen molar-refractivity contribution in [3.8, 4) is 0 Å². The van der Waals surface area contributed by atoms with Gasteiger partial charge in [0.15, 0.2) is 0 Å². The molecule has 1 nitrogen and oxygen atoms in total. The van der Waals surface area contributed by atoms with Gasteiger partial charge in [0.25, 0.3) is 0 Å². The Morgan fingerprint density at radius 3 is 2.25 bits per heavy atom. The summed E-state index contributed by atoms with van der Waals surface area (Å²) in [5.41, 5.74) is 0. The molecule has 0 heterocycles. The predicted octanol–water partition coefficient (Wildman–Crippen LogP) is 2.16. The first-order valence-corrected chi connectivity index (χ1v) is 4.35. The van der Waals surface area contributed by atoms with Crippen LogP contribution in [-0.2, 0) is 5.11 Å². The van der Waals surface area contributed by atoms with Gasteiger partial charge in [-0.1, -0.05) is 35.4 Å². The Morgan fingerprint density at radius 2 is 1.88 bits per heavy atom.